The van der Waals surface area contributed by atoms with Crippen LogP contribution in [0.15, 0.2) is 42.2 Å². The molecule has 27 heavy (non-hydrogen) atoms. The first-order chi connectivity index (χ1) is 12.5. The fourth-order valence-corrected chi connectivity index (χ4v) is 4.31. The minimum absolute atomic E-state index is 0.00212. The molecule has 6 heteroatoms. The van der Waals surface area contributed by atoms with Crippen molar-refractivity contribution in [1.29, 1.82) is 0 Å². The largest absolute Gasteiger partial charge is 0.547 e. The minimum atomic E-state index is -2.13. The monoisotopic (exact) mass is 390 g/mol. The standard InChI is InChI=1S/C21H30O5Si/c1-20(2,3)27(6,7)26-16-13-17(15-11-9-8-10-12-15)21(14-16,18(22)24-4)19(23)25-5/h8-13,17H,14H2,1-7H3. The molecule has 0 aliphatic heterocycles. The first kappa shape index (κ1) is 21.2. The zero-order valence-electron chi connectivity index (χ0n) is 17.3. The summed E-state index contributed by atoms with van der Waals surface area (Å²) in [4.78, 5) is 25.7. The Morgan fingerprint density at radius 2 is 1.56 bits per heavy atom. The van der Waals surface area contributed by atoms with E-state index in [4.69, 9.17) is 13.9 Å². The van der Waals surface area contributed by atoms with E-state index < -0.39 is 31.6 Å². The molecule has 1 aliphatic carbocycles. The molecule has 0 saturated heterocycles. The van der Waals surface area contributed by atoms with Crippen molar-refractivity contribution in [2.24, 2.45) is 5.41 Å². The molecule has 0 saturated carbocycles. The molecular weight excluding hydrogens is 360 g/mol. The first-order valence-electron chi connectivity index (χ1n) is 9.11. The number of ether oxygens (including phenoxy) is 2. The van der Waals surface area contributed by atoms with Crippen LogP contribution in [0.1, 0.15) is 38.7 Å². The van der Waals surface area contributed by atoms with Gasteiger partial charge in [0, 0.05) is 12.3 Å². The Morgan fingerprint density at radius 3 is 2.00 bits per heavy atom. The molecule has 0 aromatic heterocycles. The molecule has 1 atom stereocenters. The number of benzene rings is 1. The van der Waals surface area contributed by atoms with Gasteiger partial charge in [-0.25, -0.2) is 0 Å². The van der Waals surface area contributed by atoms with E-state index in [1.165, 1.54) is 14.2 Å². The average Bonchev–Trinajstić information content (AvgIpc) is 2.99. The molecule has 1 unspecified atom stereocenters. The lowest BCUT2D eigenvalue weighted by molar-refractivity contribution is -0.169. The van der Waals surface area contributed by atoms with Gasteiger partial charge in [-0.1, -0.05) is 51.1 Å². The van der Waals surface area contributed by atoms with E-state index in [9.17, 15) is 9.59 Å². The zero-order valence-corrected chi connectivity index (χ0v) is 18.3. The molecule has 0 N–H and O–H groups in total. The van der Waals surface area contributed by atoms with Gasteiger partial charge in [-0.2, -0.15) is 0 Å². The van der Waals surface area contributed by atoms with Gasteiger partial charge >= 0.3 is 11.9 Å². The van der Waals surface area contributed by atoms with E-state index in [2.05, 4.69) is 33.9 Å². The summed E-state index contributed by atoms with van der Waals surface area (Å²) in [6.07, 6.45) is 2.03. The summed E-state index contributed by atoms with van der Waals surface area (Å²) in [5, 5.41) is -0.00212. The van der Waals surface area contributed by atoms with E-state index in [0.29, 0.717) is 5.76 Å². The number of carbonyl (C=O) groups is 2. The van der Waals surface area contributed by atoms with Crippen molar-refractivity contribution in [3.63, 3.8) is 0 Å². The molecule has 0 fully saturated rings. The molecule has 0 amide bonds. The maximum atomic E-state index is 12.8. The number of esters is 2. The molecule has 0 bridgehead atoms. The van der Waals surface area contributed by atoms with Gasteiger partial charge in [0.2, 0.25) is 8.32 Å². The number of carbonyl (C=O) groups excluding carboxylic acids is 2. The van der Waals surface area contributed by atoms with Crippen molar-refractivity contribution in [2.75, 3.05) is 14.2 Å². The molecule has 0 spiro atoms. The predicted octanol–water partition coefficient (Wildman–Crippen LogP) is 4.41. The second-order valence-electron chi connectivity index (χ2n) is 8.51. The summed E-state index contributed by atoms with van der Waals surface area (Å²) in [5.41, 5.74) is -0.620. The van der Waals surface area contributed by atoms with Crippen molar-refractivity contribution in [3.8, 4) is 0 Å². The predicted molar refractivity (Wildman–Crippen MR) is 107 cm³/mol. The Bertz CT molecular complexity index is 715. The van der Waals surface area contributed by atoms with Crippen LogP contribution >= 0.6 is 0 Å². The second kappa shape index (κ2) is 7.50. The second-order valence-corrected chi connectivity index (χ2v) is 13.2. The molecule has 1 aromatic rings. The van der Waals surface area contributed by atoms with Gasteiger partial charge in [-0.15, -0.1) is 0 Å². The van der Waals surface area contributed by atoms with E-state index in [1.807, 2.05) is 36.4 Å². The highest BCUT2D eigenvalue weighted by atomic mass is 28.4. The Labute approximate surface area is 162 Å². The lowest BCUT2D eigenvalue weighted by atomic mass is 9.73. The molecule has 0 radical (unpaired) electrons. The maximum absolute atomic E-state index is 12.8. The highest BCUT2D eigenvalue weighted by Gasteiger charge is 2.59. The van der Waals surface area contributed by atoms with Gasteiger partial charge in [0.15, 0.2) is 5.41 Å². The van der Waals surface area contributed by atoms with Gasteiger partial charge in [-0.05, 0) is 29.8 Å². The van der Waals surface area contributed by atoms with Crippen LogP contribution in [0.3, 0.4) is 0 Å². The van der Waals surface area contributed by atoms with Gasteiger partial charge in [0.25, 0.3) is 0 Å². The SMILES string of the molecule is COC(=O)C1(C(=O)OC)CC(O[Si](C)(C)C(C)(C)C)=CC1c1ccccc1. The first-order valence-corrected chi connectivity index (χ1v) is 12.0. The van der Waals surface area contributed by atoms with Crippen molar-refractivity contribution in [2.45, 2.75) is 51.2 Å². The van der Waals surface area contributed by atoms with E-state index in [-0.39, 0.29) is 11.5 Å². The smallest absolute Gasteiger partial charge is 0.324 e. The molecule has 0 heterocycles. The number of rotatable bonds is 5. The molecule has 2 rings (SSSR count). The maximum Gasteiger partial charge on any atom is 0.324 e. The van der Waals surface area contributed by atoms with Crippen LogP contribution in [0, 0.1) is 5.41 Å². The molecule has 1 aromatic carbocycles. The topological polar surface area (TPSA) is 61.8 Å². The van der Waals surface area contributed by atoms with Crippen molar-refractivity contribution in [3.05, 3.63) is 47.7 Å². The van der Waals surface area contributed by atoms with Crippen LogP contribution < -0.4 is 0 Å². The van der Waals surface area contributed by atoms with Crippen LogP contribution in [-0.4, -0.2) is 34.5 Å². The lowest BCUT2D eigenvalue weighted by Gasteiger charge is -2.37. The van der Waals surface area contributed by atoms with Crippen LogP contribution in [0.2, 0.25) is 18.1 Å². The summed E-state index contributed by atoms with van der Waals surface area (Å²) >= 11 is 0. The molecule has 1 aliphatic rings. The number of hydrogen-bond donors (Lipinski definition) is 0. The van der Waals surface area contributed by atoms with E-state index in [0.717, 1.165) is 5.56 Å². The number of hydrogen-bond acceptors (Lipinski definition) is 5. The third kappa shape index (κ3) is 3.81. The molecule has 5 nitrogen and oxygen atoms in total. The van der Waals surface area contributed by atoms with Crippen LogP contribution in [-0.2, 0) is 23.5 Å². The van der Waals surface area contributed by atoms with Crippen molar-refractivity contribution < 1.29 is 23.5 Å². The van der Waals surface area contributed by atoms with Crippen LogP contribution in [0.5, 0.6) is 0 Å². The van der Waals surface area contributed by atoms with Gasteiger partial charge < -0.3 is 13.9 Å². The summed E-state index contributed by atoms with van der Waals surface area (Å²) < 4.78 is 16.5. The van der Waals surface area contributed by atoms with Gasteiger partial charge in [0.1, 0.15) is 0 Å². The fourth-order valence-electron chi connectivity index (χ4n) is 3.21. The van der Waals surface area contributed by atoms with Crippen molar-refractivity contribution >= 4 is 20.3 Å². The Hall–Kier alpha value is -2.08. The fraction of sp³-hybridized carbons (Fsp3) is 0.524. The Balaban J connectivity index is 2.55. The summed E-state index contributed by atoms with van der Waals surface area (Å²) in [5.74, 6) is -1.05. The van der Waals surface area contributed by atoms with Gasteiger partial charge in [0.05, 0.1) is 20.0 Å². The highest BCUT2D eigenvalue weighted by Crippen LogP contribution is 2.52. The van der Waals surface area contributed by atoms with Crippen LogP contribution in [0.25, 0.3) is 0 Å². The highest BCUT2D eigenvalue weighted by molar-refractivity contribution is 6.74. The zero-order chi connectivity index (χ0) is 20.5. The third-order valence-electron chi connectivity index (χ3n) is 5.79. The van der Waals surface area contributed by atoms with Gasteiger partial charge in [-0.3, -0.25) is 9.59 Å². The summed E-state index contributed by atoms with van der Waals surface area (Å²) in [6.45, 7) is 10.7. The number of methoxy groups -OCH3 is 2. The number of allylic oxidation sites excluding steroid dienone is 2. The summed E-state index contributed by atoms with van der Waals surface area (Å²) in [6, 6.07) is 9.46. The van der Waals surface area contributed by atoms with Crippen LogP contribution in [0.4, 0.5) is 0 Å². The van der Waals surface area contributed by atoms with E-state index in [1.54, 1.807) is 0 Å². The summed E-state index contributed by atoms with van der Waals surface area (Å²) in [7, 11) is 0.461. The third-order valence-corrected chi connectivity index (χ3v) is 10.2. The Kier molecular flexibility index (Phi) is 5.90. The average molecular weight is 391 g/mol. The minimum Gasteiger partial charge on any atom is -0.547 e. The molecule has 148 valence electrons. The van der Waals surface area contributed by atoms with Crippen molar-refractivity contribution in [1.82, 2.24) is 0 Å². The molecular formula is C21H30O5Si. The quantitative estimate of drug-likeness (QED) is 0.423. The normalized spacial score (nSPS) is 19.2. The van der Waals surface area contributed by atoms with E-state index >= 15 is 0 Å². The lowest BCUT2D eigenvalue weighted by Crippen LogP contribution is -2.44. The Morgan fingerprint density at radius 1 is 1.04 bits per heavy atom.